The minimum atomic E-state index is 0.680. The maximum atomic E-state index is 5.67. The van der Waals surface area contributed by atoms with Gasteiger partial charge < -0.3 is 4.74 Å². The smallest absolute Gasteiger partial charge is 0.0504 e. The normalized spacial score (nSPS) is 19.4. The molecule has 2 heteroatoms. The average Bonchev–Trinajstić information content (AvgIpc) is 2.87. The van der Waals surface area contributed by atoms with Gasteiger partial charge in [0.05, 0.1) is 6.61 Å². The van der Waals surface area contributed by atoms with Crippen molar-refractivity contribution in [1.82, 2.24) is 0 Å². The van der Waals surface area contributed by atoms with E-state index in [2.05, 4.69) is 29.8 Å². The van der Waals surface area contributed by atoms with Crippen LogP contribution in [0.4, 0.5) is 0 Å². The van der Waals surface area contributed by atoms with Gasteiger partial charge in [-0.25, -0.2) is 0 Å². The van der Waals surface area contributed by atoms with Gasteiger partial charge in [-0.05, 0) is 24.2 Å². The zero-order valence-electron chi connectivity index (χ0n) is 8.76. The van der Waals surface area contributed by atoms with Gasteiger partial charge in [-0.2, -0.15) is 0 Å². The topological polar surface area (TPSA) is 9.23 Å². The first kappa shape index (κ1) is 11.5. The fraction of sp³-hybridized carbons (Fsp3) is 1.00. The molecule has 78 valence electrons. The van der Waals surface area contributed by atoms with E-state index in [0.717, 1.165) is 30.4 Å². The lowest BCUT2D eigenvalue weighted by atomic mass is 9.99. The molecule has 1 aliphatic rings. The molecule has 0 aliphatic heterocycles. The van der Waals surface area contributed by atoms with Crippen LogP contribution in [-0.4, -0.2) is 18.5 Å². The van der Waals surface area contributed by atoms with Crippen molar-refractivity contribution in [2.24, 2.45) is 17.8 Å². The molecule has 0 aromatic heterocycles. The minimum Gasteiger partial charge on any atom is -0.381 e. The van der Waals surface area contributed by atoms with Crippen LogP contribution in [0.2, 0.25) is 0 Å². The molecular weight excluding hydrogens is 228 g/mol. The van der Waals surface area contributed by atoms with Crippen LogP contribution in [0.3, 0.4) is 0 Å². The lowest BCUT2D eigenvalue weighted by Gasteiger charge is -2.17. The zero-order chi connectivity index (χ0) is 9.68. The summed E-state index contributed by atoms with van der Waals surface area (Å²) < 4.78 is 5.67. The van der Waals surface area contributed by atoms with Crippen molar-refractivity contribution in [3.63, 3.8) is 0 Å². The lowest BCUT2D eigenvalue weighted by Crippen LogP contribution is -2.17. The summed E-state index contributed by atoms with van der Waals surface area (Å²) in [6, 6.07) is 0. The Kier molecular flexibility index (Phi) is 5.34. The third kappa shape index (κ3) is 5.02. The van der Waals surface area contributed by atoms with Gasteiger partial charge in [-0.15, -0.1) is 0 Å². The van der Waals surface area contributed by atoms with E-state index in [0.29, 0.717) is 5.92 Å². The molecule has 0 aromatic carbocycles. The zero-order valence-corrected chi connectivity index (χ0v) is 10.3. The summed E-state index contributed by atoms with van der Waals surface area (Å²) in [5, 5.41) is 1.06. The summed E-state index contributed by atoms with van der Waals surface area (Å²) in [6.45, 7) is 6.42. The summed E-state index contributed by atoms with van der Waals surface area (Å²) in [4.78, 5) is 0. The molecule has 1 aliphatic carbocycles. The van der Waals surface area contributed by atoms with E-state index >= 15 is 0 Å². The van der Waals surface area contributed by atoms with Crippen molar-refractivity contribution in [2.75, 3.05) is 18.5 Å². The highest BCUT2D eigenvalue weighted by atomic mass is 79.9. The van der Waals surface area contributed by atoms with Crippen LogP contribution in [0.15, 0.2) is 0 Å². The van der Waals surface area contributed by atoms with Gasteiger partial charge in [0.2, 0.25) is 0 Å². The van der Waals surface area contributed by atoms with Crippen molar-refractivity contribution < 1.29 is 4.74 Å². The van der Waals surface area contributed by atoms with Crippen LogP contribution >= 0.6 is 15.9 Å². The second-order valence-corrected chi connectivity index (χ2v) is 5.11. The first-order valence-electron chi connectivity index (χ1n) is 5.37. The second kappa shape index (κ2) is 6.02. The largest absolute Gasteiger partial charge is 0.381 e. The maximum Gasteiger partial charge on any atom is 0.0504 e. The Labute approximate surface area is 90.4 Å². The van der Waals surface area contributed by atoms with Crippen LogP contribution < -0.4 is 0 Å². The molecule has 0 amide bonds. The van der Waals surface area contributed by atoms with Crippen molar-refractivity contribution >= 4 is 15.9 Å². The van der Waals surface area contributed by atoms with Crippen LogP contribution in [0, 0.1) is 17.8 Å². The Morgan fingerprint density at radius 2 is 2.08 bits per heavy atom. The summed E-state index contributed by atoms with van der Waals surface area (Å²) >= 11 is 3.53. The van der Waals surface area contributed by atoms with Crippen LogP contribution in [-0.2, 0) is 4.74 Å². The number of rotatable bonds is 7. The quantitative estimate of drug-likeness (QED) is 0.496. The molecule has 1 rings (SSSR count). The van der Waals surface area contributed by atoms with Gasteiger partial charge >= 0.3 is 0 Å². The van der Waals surface area contributed by atoms with E-state index in [9.17, 15) is 0 Å². The number of alkyl halides is 1. The van der Waals surface area contributed by atoms with Crippen molar-refractivity contribution in [3.05, 3.63) is 0 Å². The number of hydrogen-bond donors (Lipinski definition) is 0. The number of halogens is 1. The molecule has 1 atom stereocenters. The highest BCUT2D eigenvalue weighted by molar-refractivity contribution is 9.09. The van der Waals surface area contributed by atoms with Crippen LogP contribution in [0.1, 0.15) is 33.1 Å². The van der Waals surface area contributed by atoms with E-state index in [1.165, 1.54) is 19.3 Å². The third-order valence-corrected chi connectivity index (χ3v) is 3.67. The molecule has 1 unspecified atom stereocenters. The third-order valence-electron chi connectivity index (χ3n) is 2.84. The molecular formula is C11H21BrO. The van der Waals surface area contributed by atoms with Crippen molar-refractivity contribution in [1.29, 1.82) is 0 Å². The lowest BCUT2D eigenvalue weighted by molar-refractivity contribution is 0.0875. The molecule has 1 fully saturated rings. The number of ether oxygens (including phenoxy) is 1. The van der Waals surface area contributed by atoms with Gasteiger partial charge in [0.15, 0.2) is 0 Å². The Hall–Kier alpha value is 0.440. The molecule has 0 heterocycles. The minimum absolute atomic E-state index is 0.680. The Morgan fingerprint density at radius 3 is 2.54 bits per heavy atom. The fourth-order valence-electron chi connectivity index (χ4n) is 1.31. The van der Waals surface area contributed by atoms with Crippen molar-refractivity contribution in [2.45, 2.75) is 33.1 Å². The summed E-state index contributed by atoms with van der Waals surface area (Å²) in [6.07, 6.45) is 4.16. The highest BCUT2D eigenvalue weighted by Crippen LogP contribution is 2.32. The summed E-state index contributed by atoms with van der Waals surface area (Å²) in [7, 11) is 0. The summed E-state index contributed by atoms with van der Waals surface area (Å²) in [5.41, 5.74) is 0. The van der Waals surface area contributed by atoms with Gasteiger partial charge in [0.1, 0.15) is 0 Å². The highest BCUT2D eigenvalue weighted by Gasteiger charge is 2.20. The first-order valence-corrected chi connectivity index (χ1v) is 6.50. The maximum absolute atomic E-state index is 5.67. The van der Waals surface area contributed by atoms with E-state index in [-0.39, 0.29) is 0 Å². The SMILES string of the molecule is CC(C)C(CBr)COCCC1CC1. The average molecular weight is 249 g/mol. The molecule has 0 N–H and O–H groups in total. The van der Waals surface area contributed by atoms with Gasteiger partial charge in [-0.1, -0.05) is 42.6 Å². The standard InChI is InChI=1S/C11H21BrO/c1-9(2)11(7-12)8-13-6-5-10-3-4-10/h9-11H,3-8H2,1-2H3. The fourth-order valence-corrected chi connectivity index (χ4v) is 2.24. The molecule has 0 aromatic rings. The monoisotopic (exact) mass is 248 g/mol. The Bertz CT molecular complexity index is 132. The first-order chi connectivity index (χ1) is 6.24. The molecule has 1 saturated carbocycles. The van der Waals surface area contributed by atoms with E-state index in [1.807, 2.05) is 0 Å². The van der Waals surface area contributed by atoms with Gasteiger partial charge in [-0.3, -0.25) is 0 Å². The molecule has 0 saturated heterocycles. The molecule has 0 radical (unpaired) electrons. The number of hydrogen-bond acceptors (Lipinski definition) is 1. The molecule has 0 spiro atoms. The van der Waals surface area contributed by atoms with Crippen LogP contribution in [0.5, 0.6) is 0 Å². The Morgan fingerprint density at radius 1 is 1.38 bits per heavy atom. The van der Waals surface area contributed by atoms with Gasteiger partial charge in [0, 0.05) is 11.9 Å². The predicted octanol–water partition coefficient (Wildman–Crippen LogP) is 3.47. The summed E-state index contributed by atoms with van der Waals surface area (Å²) in [5.74, 6) is 2.40. The Balaban J connectivity index is 1.94. The van der Waals surface area contributed by atoms with E-state index in [4.69, 9.17) is 4.74 Å². The molecule has 0 bridgehead atoms. The van der Waals surface area contributed by atoms with Gasteiger partial charge in [0.25, 0.3) is 0 Å². The van der Waals surface area contributed by atoms with Crippen LogP contribution in [0.25, 0.3) is 0 Å². The van der Waals surface area contributed by atoms with E-state index in [1.54, 1.807) is 0 Å². The molecule has 13 heavy (non-hydrogen) atoms. The van der Waals surface area contributed by atoms with E-state index < -0.39 is 0 Å². The van der Waals surface area contributed by atoms with Crippen molar-refractivity contribution in [3.8, 4) is 0 Å². The molecule has 1 nitrogen and oxygen atoms in total. The second-order valence-electron chi connectivity index (χ2n) is 4.47. The predicted molar refractivity (Wildman–Crippen MR) is 60.3 cm³/mol.